The summed E-state index contributed by atoms with van der Waals surface area (Å²) < 4.78 is 5.17. The molecule has 23 heavy (non-hydrogen) atoms. The molecule has 3 atom stereocenters. The van der Waals surface area contributed by atoms with Crippen molar-refractivity contribution in [3.63, 3.8) is 0 Å². The molecule has 1 aromatic heterocycles. The van der Waals surface area contributed by atoms with Crippen molar-refractivity contribution in [1.29, 1.82) is 0 Å². The van der Waals surface area contributed by atoms with Crippen LogP contribution in [-0.4, -0.2) is 40.6 Å². The van der Waals surface area contributed by atoms with E-state index in [0.717, 1.165) is 36.9 Å². The number of hydrogen-bond acceptors (Lipinski definition) is 4. The van der Waals surface area contributed by atoms with E-state index in [0.29, 0.717) is 5.76 Å². The highest BCUT2D eigenvalue weighted by Gasteiger charge is 2.39. The van der Waals surface area contributed by atoms with Crippen molar-refractivity contribution < 1.29 is 14.1 Å². The number of nitrogens with one attached hydrogen (secondary N) is 2. The summed E-state index contributed by atoms with van der Waals surface area (Å²) in [7, 11) is 0. The van der Waals surface area contributed by atoms with Crippen molar-refractivity contribution in [3.05, 3.63) is 17.0 Å². The number of urea groups is 1. The molecule has 7 nitrogen and oxygen atoms in total. The Bertz CT molecular complexity index is 593. The van der Waals surface area contributed by atoms with E-state index in [-0.39, 0.29) is 36.6 Å². The van der Waals surface area contributed by atoms with E-state index in [2.05, 4.69) is 15.8 Å². The third-order valence-electron chi connectivity index (χ3n) is 4.91. The van der Waals surface area contributed by atoms with Crippen molar-refractivity contribution in [2.45, 2.75) is 64.6 Å². The first kappa shape index (κ1) is 15.8. The summed E-state index contributed by atoms with van der Waals surface area (Å²) in [5, 5.41) is 9.94. The van der Waals surface area contributed by atoms with Gasteiger partial charge in [-0.2, -0.15) is 0 Å². The molecule has 3 amide bonds. The van der Waals surface area contributed by atoms with Crippen LogP contribution in [0.5, 0.6) is 0 Å². The Morgan fingerprint density at radius 2 is 2.13 bits per heavy atom. The number of aromatic nitrogens is 1. The second-order valence-electron chi connectivity index (χ2n) is 6.56. The summed E-state index contributed by atoms with van der Waals surface area (Å²) in [5.74, 6) is 0.635. The second-order valence-corrected chi connectivity index (χ2v) is 6.56. The van der Waals surface area contributed by atoms with Crippen molar-refractivity contribution in [1.82, 2.24) is 20.7 Å². The highest BCUT2D eigenvalue weighted by Crippen LogP contribution is 2.27. The number of carbonyl (C=O) groups excluding carboxylic acids is 2. The number of carbonyl (C=O) groups is 2. The summed E-state index contributed by atoms with van der Waals surface area (Å²) in [6.07, 6.45) is 4.09. The highest BCUT2D eigenvalue weighted by atomic mass is 16.5. The molecule has 0 aromatic carbocycles. The van der Waals surface area contributed by atoms with E-state index in [9.17, 15) is 9.59 Å². The Kier molecular flexibility index (Phi) is 4.28. The maximum Gasteiger partial charge on any atom is 0.318 e. The largest absolute Gasteiger partial charge is 0.361 e. The Morgan fingerprint density at radius 3 is 2.83 bits per heavy atom. The van der Waals surface area contributed by atoms with Gasteiger partial charge in [-0.3, -0.25) is 4.79 Å². The van der Waals surface area contributed by atoms with Gasteiger partial charge in [-0.15, -0.1) is 0 Å². The molecule has 3 rings (SSSR count). The zero-order chi connectivity index (χ0) is 16.6. The average Bonchev–Trinajstić information content (AvgIpc) is 2.85. The Hall–Kier alpha value is -2.05. The number of fused-ring (bicyclic) bond motifs is 1. The van der Waals surface area contributed by atoms with Gasteiger partial charge in [0.1, 0.15) is 12.3 Å². The zero-order valence-electron chi connectivity index (χ0n) is 13.9. The molecule has 1 aromatic rings. The van der Waals surface area contributed by atoms with Crippen LogP contribution in [0.2, 0.25) is 0 Å². The van der Waals surface area contributed by atoms with E-state index in [4.69, 9.17) is 4.52 Å². The fourth-order valence-electron chi connectivity index (χ4n) is 3.85. The van der Waals surface area contributed by atoms with E-state index in [1.165, 1.54) is 0 Å². The van der Waals surface area contributed by atoms with E-state index in [1.807, 2.05) is 20.8 Å². The average molecular weight is 320 g/mol. The summed E-state index contributed by atoms with van der Waals surface area (Å²) in [6.45, 7) is 5.73. The van der Waals surface area contributed by atoms with Gasteiger partial charge in [0.25, 0.3) is 0 Å². The number of amides is 3. The molecule has 0 spiro atoms. The summed E-state index contributed by atoms with van der Waals surface area (Å²) in [4.78, 5) is 26.3. The van der Waals surface area contributed by atoms with Crippen LogP contribution in [0.15, 0.2) is 4.52 Å². The minimum atomic E-state index is -0.208. The van der Waals surface area contributed by atoms with Gasteiger partial charge >= 0.3 is 6.03 Å². The van der Waals surface area contributed by atoms with Crippen molar-refractivity contribution in [3.8, 4) is 0 Å². The molecular weight excluding hydrogens is 296 g/mol. The second kappa shape index (κ2) is 6.22. The molecule has 1 saturated carbocycles. The van der Waals surface area contributed by atoms with Gasteiger partial charge in [-0.25, -0.2) is 4.79 Å². The Morgan fingerprint density at radius 1 is 1.39 bits per heavy atom. The monoisotopic (exact) mass is 320 g/mol. The zero-order valence-corrected chi connectivity index (χ0v) is 13.9. The molecule has 2 heterocycles. The van der Waals surface area contributed by atoms with E-state index < -0.39 is 0 Å². The molecule has 2 N–H and O–H groups in total. The molecule has 7 heteroatoms. The van der Waals surface area contributed by atoms with Gasteiger partial charge in [0.05, 0.1) is 17.8 Å². The van der Waals surface area contributed by atoms with Crippen LogP contribution >= 0.6 is 0 Å². The minimum Gasteiger partial charge on any atom is -0.361 e. The van der Waals surface area contributed by atoms with Crippen LogP contribution in [0.3, 0.4) is 0 Å². The third-order valence-corrected chi connectivity index (χ3v) is 4.91. The smallest absolute Gasteiger partial charge is 0.318 e. The predicted molar refractivity (Wildman–Crippen MR) is 83.8 cm³/mol. The van der Waals surface area contributed by atoms with Gasteiger partial charge < -0.3 is 20.1 Å². The lowest BCUT2D eigenvalue weighted by Gasteiger charge is -2.44. The van der Waals surface area contributed by atoms with Crippen LogP contribution in [0.1, 0.15) is 55.7 Å². The third kappa shape index (κ3) is 3.04. The van der Waals surface area contributed by atoms with Gasteiger partial charge in [0, 0.05) is 11.6 Å². The van der Waals surface area contributed by atoms with Crippen LogP contribution in [0, 0.1) is 13.8 Å². The van der Waals surface area contributed by atoms with E-state index >= 15 is 0 Å². The predicted octanol–water partition coefficient (Wildman–Crippen LogP) is 1.81. The van der Waals surface area contributed by atoms with Crippen LogP contribution in [-0.2, 0) is 4.79 Å². The maximum absolute atomic E-state index is 12.7. The first-order valence-corrected chi connectivity index (χ1v) is 8.26. The van der Waals surface area contributed by atoms with Crippen LogP contribution in [0.25, 0.3) is 0 Å². The SMILES string of the molecule is Cc1noc(C)c1[C@H](C)NC(=O)N1CC(=O)N[C@H]2CCCC[C@H]21. The molecule has 1 saturated heterocycles. The first-order chi connectivity index (χ1) is 11.0. The Balaban J connectivity index is 1.72. The van der Waals surface area contributed by atoms with Gasteiger partial charge in [0.15, 0.2) is 0 Å². The number of aryl methyl sites for hydroxylation is 2. The Labute approximate surface area is 135 Å². The number of piperazine rings is 1. The van der Waals surface area contributed by atoms with E-state index in [1.54, 1.807) is 4.90 Å². The fraction of sp³-hybridized carbons (Fsp3) is 0.688. The molecule has 2 fully saturated rings. The van der Waals surface area contributed by atoms with Crippen LogP contribution < -0.4 is 10.6 Å². The molecule has 0 radical (unpaired) electrons. The molecule has 0 unspecified atom stereocenters. The van der Waals surface area contributed by atoms with Crippen LogP contribution in [0.4, 0.5) is 4.79 Å². The lowest BCUT2D eigenvalue weighted by Crippen LogP contribution is -2.64. The maximum atomic E-state index is 12.7. The molecule has 2 aliphatic rings. The minimum absolute atomic E-state index is 0.0757. The topological polar surface area (TPSA) is 87.5 Å². The molecule has 1 aliphatic heterocycles. The normalized spacial score (nSPS) is 25.5. The van der Waals surface area contributed by atoms with Crippen molar-refractivity contribution in [2.24, 2.45) is 0 Å². The molecule has 126 valence electrons. The van der Waals surface area contributed by atoms with Gasteiger partial charge in [0.2, 0.25) is 5.91 Å². The molecule has 0 bridgehead atoms. The lowest BCUT2D eigenvalue weighted by atomic mass is 9.87. The lowest BCUT2D eigenvalue weighted by molar-refractivity contribution is -0.126. The first-order valence-electron chi connectivity index (χ1n) is 8.26. The number of nitrogens with zero attached hydrogens (tertiary/aromatic N) is 2. The molecular formula is C16H24N4O3. The number of hydrogen-bond donors (Lipinski definition) is 2. The number of rotatable bonds is 2. The summed E-state index contributed by atoms with van der Waals surface area (Å²) in [5.41, 5.74) is 1.68. The van der Waals surface area contributed by atoms with Crippen molar-refractivity contribution >= 4 is 11.9 Å². The summed E-state index contributed by atoms with van der Waals surface area (Å²) >= 11 is 0. The quantitative estimate of drug-likeness (QED) is 0.870. The fourth-order valence-corrected chi connectivity index (χ4v) is 3.85. The van der Waals surface area contributed by atoms with Crippen molar-refractivity contribution in [2.75, 3.05) is 6.54 Å². The molecule has 1 aliphatic carbocycles. The van der Waals surface area contributed by atoms with Gasteiger partial charge in [-0.1, -0.05) is 18.0 Å². The standard InChI is InChI=1S/C16H24N4O3/c1-9(15-10(2)19-23-11(15)3)17-16(22)20-8-14(21)18-12-6-4-5-7-13(12)20/h9,12-13H,4-8H2,1-3H3,(H,17,22)(H,18,21)/t9-,12-,13+/m0/s1. The van der Waals surface area contributed by atoms with Gasteiger partial charge in [-0.05, 0) is 33.6 Å². The highest BCUT2D eigenvalue weighted by molar-refractivity contribution is 5.86. The summed E-state index contributed by atoms with van der Waals surface area (Å²) in [6, 6.07) is -0.214.